The number of H-pyrrole nitrogens is 1. The molecule has 0 unspecified atom stereocenters. The van der Waals surface area contributed by atoms with Crippen LogP contribution in [0.4, 0.5) is 0 Å². The Hall–Kier alpha value is -0.870. The minimum Gasteiger partial charge on any atom is -0.370 e. The second kappa shape index (κ2) is 6.77. The molecule has 0 radical (unpaired) electrons. The maximum atomic E-state index is 5.65. The van der Waals surface area contributed by atoms with Gasteiger partial charge in [0.05, 0.1) is 0 Å². The Morgan fingerprint density at radius 2 is 2.06 bits per heavy atom. The number of rotatable bonds is 8. The van der Waals surface area contributed by atoms with Gasteiger partial charge >= 0.3 is 0 Å². The highest BCUT2D eigenvalue weighted by Gasteiger charge is 2.31. The highest BCUT2D eigenvalue weighted by Crippen LogP contribution is 2.29. The van der Waals surface area contributed by atoms with Gasteiger partial charge in [-0.1, -0.05) is 20.8 Å². The van der Waals surface area contributed by atoms with Crippen molar-refractivity contribution in [3.8, 4) is 0 Å². The quantitative estimate of drug-likeness (QED) is 0.685. The van der Waals surface area contributed by atoms with E-state index in [2.05, 4.69) is 36.1 Å². The summed E-state index contributed by atoms with van der Waals surface area (Å²) in [6, 6.07) is 0. The molecule has 0 saturated carbocycles. The highest BCUT2D eigenvalue weighted by atomic mass is 16.5. The van der Waals surface area contributed by atoms with Crippen molar-refractivity contribution in [3.05, 3.63) is 17.7 Å². The zero-order chi connectivity index (χ0) is 12.7. The van der Waals surface area contributed by atoms with Gasteiger partial charge in [0.1, 0.15) is 11.4 Å². The van der Waals surface area contributed by atoms with E-state index in [-0.39, 0.29) is 5.60 Å². The SMILES string of the molecule is CCCNCc1cnc(C(CC)(CC)OC)[nH]1. The van der Waals surface area contributed by atoms with Crippen LogP contribution in [0, 0.1) is 0 Å². The molecule has 0 bridgehead atoms. The van der Waals surface area contributed by atoms with Crippen LogP contribution in [-0.4, -0.2) is 23.6 Å². The van der Waals surface area contributed by atoms with Crippen molar-refractivity contribution < 1.29 is 4.74 Å². The number of nitrogens with one attached hydrogen (secondary N) is 2. The molecule has 98 valence electrons. The van der Waals surface area contributed by atoms with Gasteiger partial charge in [0.25, 0.3) is 0 Å². The second-order valence-electron chi connectivity index (χ2n) is 4.34. The van der Waals surface area contributed by atoms with E-state index in [4.69, 9.17) is 4.74 Å². The van der Waals surface area contributed by atoms with Gasteiger partial charge in [0.2, 0.25) is 0 Å². The predicted octanol–water partition coefficient (Wildman–Crippen LogP) is 2.57. The Kier molecular flexibility index (Phi) is 5.65. The molecular weight excluding hydrogens is 214 g/mol. The third-order valence-electron chi connectivity index (χ3n) is 3.34. The molecule has 0 fully saturated rings. The van der Waals surface area contributed by atoms with E-state index in [1.807, 2.05) is 6.20 Å². The molecule has 0 aliphatic rings. The lowest BCUT2D eigenvalue weighted by molar-refractivity contribution is -0.0285. The number of ether oxygens (including phenoxy) is 1. The summed E-state index contributed by atoms with van der Waals surface area (Å²) >= 11 is 0. The predicted molar refractivity (Wildman–Crippen MR) is 69.9 cm³/mol. The van der Waals surface area contributed by atoms with Gasteiger partial charge in [0, 0.05) is 25.5 Å². The maximum Gasteiger partial charge on any atom is 0.138 e. The average molecular weight is 239 g/mol. The van der Waals surface area contributed by atoms with Gasteiger partial charge in [-0.2, -0.15) is 0 Å². The first-order chi connectivity index (χ1) is 8.22. The van der Waals surface area contributed by atoms with E-state index >= 15 is 0 Å². The number of aromatic nitrogens is 2. The van der Waals surface area contributed by atoms with Gasteiger partial charge < -0.3 is 15.0 Å². The van der Waals surface area contributed by atoms with Crippen molar-refractivity contribution in [2.75, 3.05) is 13.7 Å². The van der Waals surface area contributed by atoms with Crippen LogP contribution in [0.2, 0.25) is 0 Å². The molecule has 17 heavy (non-hydrogen) atoms. The molecule has 1 aromatic heterocycles. The van der Waals surface area contributed by atoms with E-state index in [9.17, 15) is 0 Å². The van der Waals surface area contributed by atoms with E-state index < -0.39 is 0 Å². The van der Waals surface area contributed by atoms with Crippen LogP contribution in [-0.2, 0) is 16.9 Å². The Bertz CT molecular complexity index is 310. The molecule has 1 heterocycles. The van der Waals surface area contributed by atoms with Gasteiger partial charge in [-0.15, -0.1) is 0 Å². The maximum absolute atomic E-state index is 5.65. The fraction of sp³-hybridized carbons (Fsp3) is 0.769. The van der Waals surface area contributed by atoms with Gasteiger partial charge in [-0.25, -0.2) is 4.98 Å². The average Bonchev–Trinajstić information content (AvgIpc) is 2.82. The molecular formula is C13H25N3O. The lowest BCUT2D eigenvalue weighted by Gasteiger charge is -2.27. The van der Waals surface area contributed by atoms with Crippen LogP contribution in [0.15, 0.2) is 6.20 Å². The van der Waals surface area contributed by atoms with E-state index in [1.165, 1.54) is 0 Å². The summed E-state index contributed by atoms with van der Waals surface area (Å²) in [6.45, 7) is 8.30. The lowest BCUT2D eigenvalue weighted by Crippen LogP contribution is -2.28. The minimum absolute atomic E-state index is 0.261. The topological polar surface area (TPSA) is 49.9 Å². The van der Waals surface area contributed by atoms with Crippen molar-refractivity contribution in [2.45, 2.75) is 52.2 Å². The van der Waals surface area contributed by atoms with Crippen LogP contribution >= 0.6 is 0 Å². The number of hydrogen-bond donors (Lipinski definition) is 2. The molecule has 0 aliphatic carbocycles. The minimum atomic E-state index is -0.261. The standard InChI is InChI=1S/C13H25N3O/c1-5-8-14-9-11-10-15-12(16-11)13(6-2,7-3)17-4/h10,14H,5-9H2,1-4H3,(H,15,16). The number of hydrogen-bond acceptors (Lipinski definition) is 3. The van der Waals surface area contributed by atoms with E-state index in [0.29, 0.717) is 0 Å². The monoisotopic (exact) mass is 239 g/mol. The van der Waals surface area contributed by atoms with Gasteiger partial charge in [0.15, 0.2) is 0 Å². The number of imidazole rings is 1. The van der Waals surface area contributed by atoms with Crippen LogP contribution in [0.25, 0.3) is 0 Å². The van der Waals surface area contributed by atoms with Crippen molar-refractivity contribution >= 4 is 0 Å². The molecule has 0 saturated heterocycles. The molecule has 2 N–H and O–H groups in total. The molecule has 0 atom stereocenters. The van der Waals surface area contributed by atoms with Crippen LogP contribution in [0.1, 0.15) is 51.6 Å². The summed E-state index contributed by atoms with van der Waals surface area (Å²) in [5.41, 5.74) is 0.861. The summed E-state index contributed by atoms with van der Waals surface area (Å²) in [7, 11) is 1.75. The molecule has 0 aromatic carbocycles. The van der Waals surface area contributed by atoms with Crippen LogP contribution in [0.3, 0.4) is 0 Å². The van der Waals surface area contributed by atoms with Gasteiger partial charge in [-0.3, -0.25) is 0 Å². The van der Waals surface area contributed by atoms with Crippen molar-refractivity contribution in [1.82, 2.24) is 15.3 Å². The Morgan fingerprint density at radius 1 is 1.35 bits per heavy atom. The Balaban J connectivity index is 2.71. The summed E-state index contributed by atoms with van der Waals surface area (Å²) in [4.78, 5) is 7.83. The molecule has 4 nitrogen and oxygen atoms in total. The zero-order valence-corrected chi connectivity index (χ0v) is 11.5. The van der Waals surface area contributed by atoms with Crippen LogP contribution < -0.4 is 5.32 Å². The molecule has 1 aromatic rings. The first-order valence-corrected chi connectivity index (χ1v) is 6.52. The van der Waals surface area contributed by atoms with Gasteiger partial charge in [-0.05, 0) is 25.8 Å². The lowest BCUT2D eigenvalue weighted by atomic mass is 9.96. The summed E-state index contributed by atoms with van der Waals surface area (Å²) in [5.74, 6) is 0.943. The van der Waals surface area contributed by atoms with Crippen LogP contribution in [0.5, 0.6) is 0 Å². The fourth-order valence-electron chi connectivity index (χ4n) is 2.05. The van der Waals surface area contributed by atoms with Crippen molar-refractivity contribution in [2.24, 2.45) is 0 Å². The first kappa shape index (κ1) is 14.2. The summed E-state index contributed by atoms with van der Waals surface area (Å²) in [6.07, 6.45) is 4.90. The smallest absolute Gasteiger partial charge is 0.138 e. The number of methoxy groups -OCH3 is 1. The third-order valence-corrected chi connectivity index (χ3v) is 3.34. The molecule has 4 heteroatoms. The molecule has 0 amide bonds. The summed E-state index contributed by atoms with van der Waals surface area (Å²) in [5, 5.41) is 3.36. The van der Waals surface area contributed by atoms with E-state index in [0.717, 1.165) is 43.9 Å². The summed E-state index contributed by atoms with van der Waals surface area (Å²) < 4.78 is 5.65. The zero-order valence-electron chi connectivity index (χ0n) is 11.5. The van der Waals surface area contributed by atoms with Crippen molar-refractivity contribution in [3.63, 3.8) is 0 Å². The molecule has 0 spiro atoms. The normalized spacial score (nSPS) is 12.0. The Labute approximate surface area is 104 Å². The number of aromatic amines is 1. The largest absolute Gasteiger partial charge is 0.370 e. The molecule has 0 aliphatic heterocycles. The molecule has 1 rings (SSSR count). The van der Waals surface area contributed by atoms with Crippen molar-refractivity contribution in [1.29, 1.82) is 0 Å². The second-order valence-corrected chi connectivity index (χ2v) is 4.34. The highest BCUT2D eigenvalue weighted by molar-refractivity contribution is 5.08. The van der Waals surface area contributed by atoms with E-state index in [1.54, 1.807) is 7.11 Å². The fourth-order valence-corrected chi connectivity index (χ4v) is 2.05. The Morgan fingerprint density at radius 3 is 2.59 bits per heavy atom. The first-order valence-electron chi connectivity index (χ1n) is 6.52. The third kappa shape index (κ3) is 3.30. The number of nitrogens with zero attached hydrogens (tertiary/aromatic N) is 1.